The molecule has 0 bridgehead atoms. The van der Waals surface area contributed by atoms with Gasteiger partial charge in [-0.2, -0.15) is 11.3 Å². The summed E-state index contributed by atoms with van der Waals surface area (Å²) in [7, 11) is 0. The van der Waals surface area contributed by atoms with Crippen LogP contribution in [0.2, 0.25) is 0 Å². The Bertz CT molecular complexity index is 243. The van der Waals surface area contributed by atoms with Gasteiger partial charge in [0.2, 0.25) is 0 Å². The molecule has 0 saturated heterocycles. The highest BCUT2D eigenvalue weighted by Gasteiger charge is 2.11. The average molecular weight is 240 g/mol. The lowest BCUT2D eigenvalue weighted by molar-refractivity contribution is 0.0429. The molecule has 2 heteroatoms. The first-order chi connectivity index (χ1) is 7.88. The van der Waals surface area contributed by atoms with Crippen molar-refractivity contribution in [1.82, 2.24) is 0 Å². The largest absolute Gasteiger partial charge is 0.374 e. The molecule has 1 aromatic heterocycles. The molecular formula is C14H24OS. The van der Waals surface area contributed by atoms with Crippen molar-refractivity contribution in [2.75, 3.05) is 6.61 Å². The maximum absolute atomic E-state index is 6.00. The van der Waals surface area contributed by atoms with Crippen LogP contribution in [-0.2, 0) is 4.74 Å². The molecule has 1 nitrogen and oxygen atoms in total. The Morgan fingerprint density at radius 1 is 1.19 bits per heavy atom. The molecule has 1 atom stereocenters. The van der Waals surface area contributed by atoms with Crippen LogP contribution in [0.1, 0.15) is 64.0 Å². The van der Waals surface area contributed by atoms with E-state index >= 15 is 0 Å². The van der Waals surface area contributed by atoms with Crippen LogP contribution < -0.4 is 0 Å². The fourth-order valence-electron chi connectivity index (χ4n) is 1.77. The lowest BCUT2D eigenvalue weighted by atomic mass is 10.1. The first kappa shape index (κ1) is 13.7. The van der Waals surface area contributed by atoms with Gasteiger partial charge in [0, 0.05) is 6.61 Å². The average Bonchev–Trinajstić information content (AvgIpc) is 2.82. The second-order valence-corrected chi connectivity index (χ2v) is 5.05. The third-order valence-electron chi connectivity index (χ3n) is 2.80. The van der Waals surface area contributed by atoms with Crippen LogP contribution in [0, 0.1) is 0 Å². The molecule has 0 N–H and O–H groups in total. The van der Waals surface area contributed by atoms with Crippen molar-refractivity contribution >= 4 is 11.3 Å². The van der Waals surface area contributed by atoms with E-state index in [0.29, 0.717) is 6.10 Å². The molecule has 92 valence electrons. The Morgan fingerprint density at radius 2 is 2.00 bits per heavy atom. The predicted molar refractivity (Wildman–Crippen MR) is 72.1 cm³/mol. The summed E-state index contributed by atoms with van der Waals surface area (Å²) in [5.74, 6) is 0. The second kappa shape index (κ2) is 8.77. The number of ether oxygens (including phenoxy) is 1. The van der Waals surface area contributed by atoms with E-state index in [2.05, 4.69) is 30.7 Å². The van der Waals surface area contributed by atoms with Crippen molar-refractivity contribution < 1.29 is 4.74 Å². The van der Waals surface area contributed by atoms with Gasteiger partial charge in [-0.05, 0) is 35.2 Å². The Hall–Kier alpha value is -0.340. The van der Waals surface area contributed by atoms with Gasteiger partial charge in [-0.15, -0.1) is 0 Å². The van der Waals surface area contributed by atoms with Gasteiger partial charge in [0.25, 0.3) is 0 Å². The summed E-state index contributed by atoms with van der Waals surface area (Å²) >= 11 is 1.77. The molecule has 0 spiro atoms. The minimum atomic E-state index is 0.336. The molecule has 0 aromatic carbocycles. The van der Waals surface area contributed by atoms with Crippen LogP contribution in [-0.4, -0.2) is 6.61 Å². The maximum atomic E-state index is 6.00. The van der Waals surface area contributed by atoms with E-state index in [-0.39, 0.29) is 0 Å². The van der Waals surface area contributed by atoms with Crippen molar-refractivity contribution in [2.24, 2.45) is 0 Å². The summed E-state index contributed by atoms with van der Waals surface area (Å²) < 4.78 is 6.00. The SMILES string of the molecule is CCCCCOC(CCCC)c1ccsc1. The van der Waals surface area contributed by atoms with Gasteiger partial charge < -0.3 is 4.74 Å². The van der Waals surface area contributed by atoms with Gasteiger partial charge >= 0.3 is 0 Å². The first-order valence-corrected chi connectivity index (χ1v) is 7.46. The third kappa shape index (κ3) is 5.13. The smallest absolute Gasteiger partial charge is 0.0832 e. The van der Waals surface area contributed by atoms with E-state index in [1.54, 1.807) is 11.3 Å². The lowest BCUT2D eigenvalue weighted by Crippen LogP contribution is -2.05. The number of unbranched alkanes of at least 4 members (excludes halogenated alkanes) is 3. The van der Waals surface area contributed by atoms with Crippen LogP contribution in [0.5, 0.6) is 0 Å². The van der Waals surface area contributed by atoms with Gasteiger partial charge in [0.05, 0.1) is 6.10 Å². The summed E-state index contributed by atoms with van der Waals surface area (Å²) in [6.07, 6.45) is 7.75. The standard InChI is InChI=1S/C14H24OS/c1-3-5-7-10-15-14(8-6-4-2)13-9-11-16-12-13/h9,11-12,14H,3-8,10H2,1-2H3. The van der Waals surface area contributed by atoms with Crippen molar-refractivity contribution in [1.29, 1.82) is 0 Å². The molecule has 1 heterocycles. The topological polar surface area (TPSA) is 9.23 Å². The van der Waals surface area contributed by atoms with Crippen molar-refractivity contribution in [2.45, 2.75) is 58.5 Å². The molecule has 0 aliphatic rings. The Balaban J connectivity index is 2.32. The van der Waals surface area contributed by atoms with Gasteiger partial charge in [-0.3, -0.25) is 0 Å². The van der Waals surface area contributed by atoms with Crippen molar-refractivity contribution in [3.8, 4) is 0 Å². The normalized spacial score (nSPS) is 12.9. The van der Waals surface area contributed by atoms with Crippen molar-refractivity contribution in [3.63, 3.8) is 0 Å². The molecule has 0 fully saturated rings. The Kier molecular flexibility index (Phi) is 7.52. The second-order valence-electron chi connectivity index (χ2n) is 4.27. The van der Waals surface area contributed by atoms with Crippen LogP contribution in [0.15, 0.2) is 16.8 Å². The Morgan fingerprint density at radius 3 is 2.62 bits per heavy atom. The zero-order valence-electron chi connectivity index (χ0n) is 10.6. The van der Waals surface area contributed by atoms with Gasteiger partial charge in [0.15, 0.2) is 0 Å². The number of hydrogen-bond acceptors (Lipinski definition) is 2. The zero-order valence-corrected chi connectivity index (χ0v) is 11.4. The molecule has 0 amide bonds. The van der Waals surface area contributed by atoms with Crippen molar-refractivity contribution in [3.05, 3.63) is 22.4 Å². The molecule has 1 unspecified atom stereocenters. The summed E-state index contributed by atoms with van der Waals surface area (Å²) in [6, 6.07) is 2.20. The monoisotopic (exact) mass is 240 g/mol. The molecular weight excluding hydrogens is 216 g/mol. The predicted octanol–water partition coefficient (Wildman–Crippen LogP) is 5.19. The Labute approximate surface area is 104 Å². The molecule has 0 radical (unpaired) electrons. The quantitative estimate of drug-likeness (QED) is 0.540. The molecule has 0 aliphatic heterocycles. The summed E-state index contributed by atoms with van der Waals surface area (Å²) in [5, 5.41) is 4.36. The van der Waals surface area contributed by atoms with Crippen LogP contribution >= 0.6 is 11.3 Å². The van der Waals surface area contributed by atoms with Gasteiger partial charge in [0.1, 0.15) is 0 Å². The fourth-order valence-corrected chi connectivity index (χ4v) is 2.47. The summed E-state index contributed by atoms with van der Waals surface area (Å²) in [5.41, 5.74) is 1.37. The highest BCUT2D eigenvalue weighted by atomic mass is 32.1. The molecule has 0 saturated carbocycles. The van der Waals surface area contributed by atoms with E-state index in [0.717, 1.165) is 6.61 Å². The van der Waals surface area contributed by atoms with E-state index in [1.165, 1.54) is 44.1 Å². The van der Waals surface area contributed by atoms with Crippen LogP contribution in [0.4, 0.5) is 0 Å². The van der Waals surface area contributed by atoms with Crippen LogP contribution in [0.3, 0.4) is 0 Å². The fraction of sp³-hybridized carbons (Fsp3) is 0.714. The molecule has 1 rings (SSSR count). The van der Waals surface area contributed by atoms with Crippen LogP contribution in [0.25, 0.3) is 0 Å². The zero-order chi connectivity index (χ0) is 11.6. The highest BCUT2D eigenvalue weighted by molar-refractivity contribution is 7.07. The van der Waals surface area contributed by atoms with Gasteiger partial charge in [-0.25, -0.2) is 0 Å². The number of hydrogen-bond donors (Lipinski definition) is 0. The number of thiophene rings is 1. The molecule has 0 aliphatic carbocycles. The lowest BCUT2D eigenvalue weighted by Gasteiger charge is -2.16. The van der Waals surface area contributed by atoms with E-state index in [4.69, 9.17) is 4.74 Å². The summed E-state index contributed by atoms with van der Waals surface area (Å²) in [4.78, 5) is 0. The summed E-state index contributed by atoms with van der Waals surface area (Å²) in [6.45, 7) is 5.38. The molecule has 1 aromatic rings. The third-order valence-corrected chi connectivity index (χ3v) is 3.50. The van der Waals surface area contributed by atoms with E-state index in [9.17, 15) is 0 Å². The highest BCUT2D eigenvalue weighted by Crippen LogP contribution is 2.25. The minimum Gasteiger partial charge on any atom is -0.374 e. The number of rotatable bonds is 9. The van der Waals surface area contributed by atoms with E-state index in [1.807, 2.05) is 0 Å². The van der Waals surface area contributed by atoms with Gasteiger partial charge in [-0.1, -0.05) is 39.5 Å². The minimum absolute atomic E-state index is 0.336. The maximum Gasteiger partial charge on any atom is 0.0832 e. The van der Waals surface area contributed by atoms with E-state index < -0.39 is 0 Å². The molecule has 16 heavy (non-hydrogen) atoms. The first-order valence-electron chi connectivity index (χ1n) is 6.52.